The molecule has 4 nitrogen and oxygen atoms in total. The first-order valence-corrected chi connectivity index (χ1v) is 5.65. The second kappa shape index (κ2) is 5.22. The summed E-state index contributed by atoms with van der Waals surface area (Å²) in [5.41, 5.74) is 1.03. The Kier molecular flexibility index (Phi) is 3.66. The lowest BCUT2D eigenvalue weighted by Gasteiger charge is -2.04. The quantitative estimate of drug-likeness (QED) is 0.905. The first-order chi connectivity index (χ1) is 8.54. The normalized spacial score (nSPS) is 11.2. The fraction of sp³-hybridized carbons (Fsp3) is 0.333. The zero-order chi connectivity index (χ0) is 13.1. The highest BCUT2D eigenvalue weighted by atomic mass is 19.1. The maximum Gasteiger partial charge on any atom is 0.128 e. The van der Waals surface area contributed by atoms with Gasteiger partial charge in [-0.05, 0) is 12.1 Å². The first-order valence-electron chi connectivity index (χ1n) is 5.65. The van der Waals surface area contributed by atoms with Gasteiger partial charge >= 0.3 is 0 Å². The van der Waals surface area contributed by atoms with E-state index in [-0.39, 0.29) is 0 Å². The Labute approximate surface area is 104 Å². The minimum atomic E-state index is -0.637. The van der Waals surface area contributed by atoms with Crippen LogP contribution in [0.3, 0.4) is 0 Å². The van der Waals surface area contributed by atoms with Crippen LogP contribution >= 0.6 is 0 Å². The Balaban J connectivity index is 2.18. The second-order valence-electron chi connectivity index (χ2n) is 4.32. The SMILES string of the molecule is CC(C)NCc1cn(-c2cc(F)cc(F)c2)nn1. The van der Waals surface area contributed by atoms with Crippen molar-refractivity contribution in [2.45, 2.75) is 26.4 Å². The summed E-state index contributed by atoms with van der Waals surface area (Å²) in [5, 5.41) is 11.0. The number of aromatic nitrogens is 3. The lowest BCUT2D eigenvalue weighted by molar-refractivity contribution is 0.579. The van der Waals surface area contributed by atoms with Crippen LogP contribution in [0.1, 0.15) is 19.5 Å². The maximum atomic E-state index is 13.1. The highest BCUT2D eigenvalue weighted by Gasteiger charge is 2.06. The van der Waals surface area contributed by atoms with Crippen molar-refractivity contribution in [2.24, 2.45) is 0 Å². The predicted octanol–water partition coefficient (Wildman–Crippen LogP) is 2.04. The first kappa shape index (κ1) is 12.6. The lowest BCUT2D eigenvalue weighted by Crippen LogP contribution is -2.21. The topological polar surface area (TPSA) is 42.7 Å². The number of nitrogens with one attached hydrogen (secondary N) is 1. The molecule has 0 atom stereocenters. The van der Waals surface area contributed by atoms with Gasteiger partial charge in [0.25, 0.3) is 0 Å². The molecule has 0 spiro atoms. The Morgan fingerprint density at radius 1 is 1.22 bits per heavy atom. The van der Waals surface area contributed by atoms with Crippen molar-refractivity contribution < 1.29 is 8.78 Å². The molecule has 1 aromatic carbocycles. The minimum Gasteiger partial charge on any atom is -0.309 e. The summed E-state index contributed by atoms with van der Waals surface area (Å²) in [6, 6.07) is 3.57. The molecule has 0 aliphatic rings. The van der Waals surface area contributed by atoms with Crippen LogP contribution in [0.15, 0.2) is 24.4 Å². The Hall–Kier alpha value is -1.82. The van der Waals surface area contributed by atoms with Crippen LogP contribution < -0.4 is 5.32 Å². The minimum absolute atomic E-state index is 0.316. The average Bonchev–Trinajstić information content (AvgIpc) is 2.73. The Morgan fingerprint density at radius 3 is 2.50 bits per heavy atom. The summed E-state index contributed by atoms with van der Waals surface area (Å²) in [6.07, 6.45) is 1.64. The Morgan fingerprint density at radius 2 is 1.89 bits per heavy atom. The number of rotatable bonds is 4. The van der Waals surface area contributed by atoms with Crippen LogP contribution in [-0.4, -0.2) is 21.0 Å². The van der Waals surface area contributed by atoms with Crippen molar-refractivity contribution in [3.8, 4) is 5.69 Å². The van der Waals surface area contributed by atoms with E-state index in [2.05, 4.69) is 15.6 Å². The molecule has 0 aliphatic heterocycles. The van der Waals surface area contributed by atoms with Crippen molar-refractivity contribution in [3.63, 3.8) is 0 Å². The third-order valence-corrected chi connectivity index (χ3v) is 2.34. The molecule has 1 aromatic heterocycles. The van der Waals surface area contributed by atoms with Crippen LogP contribution in [0.2, 0.25) is 0 Å². The van der Waals surface area contributed by atoms with E-state index in [0.29, 0.717) is 24.0 Å². The van der Waals surface area contributed by atoms with E-state index in [1.54, 1.807) is 6.20 Å². The van der Waals surface area contributed by atoms with Gasteiger partial charge in [-0.15, -0.1) is 5.10 Å². The van der Waals surface area contributed by atoms with Crippen molar-refractivity contribution in [1.82, 2.24) is 20.3 Å². The van der Waals surface area contributed by atoms with E-state index < -0.39 is 11.6 Å². The molecule has 0 aliphatic carbocycles. The largest absolute Gasteiger partial charge is 0.309 e. The number of hydrogen-bond donors (Lipinski definition) is 1. The summed E-state index contributed by atoms with van der Waals surface area (Å²) < 4.78 is 27.5. The molecular formula is C12H14F2N4. The summed E-state index contributed by atoms with van der Waals surface area (Å²) in [4.78, 5) is 0. The number of nitrogens with zero attached hydrogens (tertiary/aromatic N) is 3. The van der Waals surface area contributed by atoms with E-state index >= 15 is 0 Å². The van der Waals surface area contributed by atoms with Crippen LogP contribution in [0.25, 0.3) is 5.69 Å². The van der Waals surface area contributed by atoms with Crippen molar-refractivity contribution in [3.05, 3.63) is 41.7 Å². The van der Waals surface area contributed by atoms with E-state index in [9.17, 15) is 8.78 Å². The summed E-state index contributed by atoms with van der Waals surface area (Å²) in [6.45, 7) is 4.61. The number of hydrogen-bond acceptors (Lipinski definition) is 3. The zero-order valence-corrected chi connectivity index (χ0v) is 10.2. The van der Waals surface area contributed by atoms with Crippen LogP contribution in [0.5, 0.6) is 0 Å². The highest BCUT2D eigenvalue weighted by Crippen LogP contribution is 2.12. The summed E-state index contributed by atoms with van der Waals surface area (Å²) >= 11 is 0. The van der Waals surface area contributed by atoms with Crippen LogP contribution in [0, 0.1) is 11.6 Å². The van der Waals surface area contributed by atoms with Crippen LogP contribution in [-0.2, 0) is 6.54 Å². The molecule has 18 heavy (non-hydrogen) atoms. The molecule has 0 amide bonds. The molecule has 2 rings (SSSR count). The highest BCUT2D eigenvalue weighted by molar-refractivity contribution is 5.31. The predicted molar refractivity (Wildman–Crippen MR) is 63.3 cm³/mol. The molecule has 0 unspecified atom stereocenters. The fourth-order valence-corrected chi connectivity index (χ4v) is 1.49. The van der Waals surface area contributed by atoms with Gasteiger partial charge in [-0.3, -0.25) is 0 Å². The van der Waals surface area contributed by atoms with E-state index in [0.717, 1.165) is 6.07 Å². The molecule has 0 bridgehead atoms. The molecule has 6 heteroatoms. The molecule has 0 saturated carbocycles. The van der Waals surface area contributed by atoms with E-state index in [1.807, 2.05) is 13.8 Å². The molecule has 96 valence electrons. The third-order valence-electron chi connectivity index (χ3n) is 2.34. The van der Waals surface area contributed by atoms with Crippen molar-refractivity contribution >= 4 is 0 Å². The van der Waals surface area contributed by atoms with E-state index in [1.165, 1.54) is 16.8 Å². The van der Waals surface area contributed by atoms with Gasteiger partial charge in [0.1, 0.15) is 11.6 Å². The van der Waals surface area contributed by atoms with Gasteiger partial charge < -0.3 is 5.32 Å². The molecule has 0 saturated heterocycles. The molecule has 0 radical (unpaired) electrons. The third kappa shape index (κ3) is 3.10. The fourth-order valence-electron chi connectivity index (χ4n) is 1.49. The monoisotopic (exact) mass is 252 g/mol. The lowest BCUT2D eigenvalue weighted by atomic mass is 10.3. The van der Waals surface area contributed by atoms with Gasteiger partial charge in [-0.25, -0.2) is 13.5 Å². The van der Waals surface area contributed by atoms with E-state index in [4.69, 9.17) is 0 Å². The van der Waals surface area contributed by atoms with Gasteiger partial charge in [0.15, 0.2) is 0 Å². The van der Waals surface area contributed by atoms with Gasteiger partial charge in [0.05, 0.1) is 17.6 Å². The average molecular weight is 252 g/mol. The smallest absolute Gasteiger partial charge is 0.128 e. The van der Waals surface area contributed by atoms with Crippen molar-refractivity contribution in [1.29, 1.82) is 0 Å². The zero-order valence-electron chi connectivity index (χ0n) is 10.2. The molecular weight excluding hydrogens is 238 g/mol. The van der Waals surface area contributed by atoms with Gasteiger partial charge in [-0.1, -0.05) is 19.1 Å². The number of halogens is 2. The molecule has 2 aromatic rings. The van der Waals surface area contributed by atoms with Crippen molar-refractivity contribution in [2.75, 3.05) is 0 Å². The summed E-state index contributed by atoms with van der Waals surface area (Å²) in [7, 11) is 0. The molecule has 1 N–H and O–H groups in total. The molecule has 0 fully saturated rings. The van der Waals surface area contributed by atoms with Gasteiger partial charge in [0.2, 0.25) is 0 Å². The van der Waals surface area contributed by atoms with Gasteiger partial charge in [0, 0.05) is 18.7 Å². The summed E-state index contributed by atoms with van der Waals surface area (Å²) in [5.74, 6) is -1.27. The standard InChI is InChI=1S/C12H14F2N4/c1-8(2)15-6-11-7-18(17-16-11)12-4-9(13)3-10(14)5-12/h3-5,7-8,15H,6H2,1-2H3. The van der Waals surface area contributed by atoms with Crippen LogP contribution in [0.4, 0.5) is 8.78 Å². The number of benzene rings is 1. The Bertz CT molecular complexity index is 516. The second-order valence-corrected chi connectivity index (χ2v) is 4.32. The maximum absolute atomic E-state index is 13.1. The molecule has 1 heterocycles. The van der Waals surface area contributed by atoms with Gasteiger partial charge in [-0.2, -0.15) is 0 Å².